The Morgan fingerprint density at radius 1 is 1.10 bits per heavy atom. The minimum Gasteiger partial charge on any atom is -0.494 e. The van der Waals surface area contributed by atoms with Crippen molar-refractivity contribution < 1.29 is 4.74 Å². The number of aromatic nitrogens is 1. The van der Waals surface area contributed by atoms with Crippen molar-refractivity contribution in [3.63, 3.8) is 0 Å². The molecule has 0 amide bonds. The highest BCUT2D eigenvalue weighted by molar-refractivity contribution is 5.80. The highest BCUT2D eigenvalue weighted by Crippen LogP contribution is 2.29. The number of rotatable bonds is 6. The first-order chi connectivity index (χ1) is 14.0. The van der Waals surface area contributed by atoms with Crippen molar-refractivity contribution in [2.24, 2.45) is 0 Å². The number of nitriles is 2. The number of aromatic amines is 1. The minimum absolute atomic E-state index is 0.0456. The Bertz CT molecular complexity index is 992. The predicted molar refractivity (Wildman–Crippen MR) is 110 cm³/mol. The van der Waals surface area contributed by atoms with E-state index >= 15 is 0 Å². The summed E-state index contributed by atoms with van der Waals surface area (Å²) in [7, 11) is 2.14. The summed E-state index contributed by atoms with van der Waals surface area (Å²) in [6, 6.07) is 10.8. The Balaban J connectivity index is 1.65. The van der Waals surface area contributed by atoms with E-state index in [-0.39, 0.29) is 22.5 Å². The van der Waals surface area contributed by atoms with E-state index in [0.717, 1.165) is 39.1 Å². The molecule has 150 valence electrons. The number of anilines is 1. The van der Waals surface area contributed by atoms with Gasteiger partial charge in [-0.1, -0.05) is 12.1 Å². The molecule has 0 saturated carbocycles. The molecule has 0 unspecified atom stereocenters. The number of nitrogens with one attached hydrogen (secondary N) is 1. The number of pyridine rings is 1. The van der Waals surface area contributed by atoms with E-state index in [0.29, 0.717) is 17.9 Å². The third-order valence-corrected chi connectivity index (χ3v) is 5.09. The summed E-state index contributed by atoms with van der Waals surface area (Å²) in [6.45, 7) is 6.00. The van der Waals surface area contributed by atoms with Gasteiger partial charge in [-0.15, -0.1) is 0 Å². The van der Waals surface area contributed by atoms with Gasteiger partial charge in [0.2, 0.25) is 0 Å². The Morgan fingerprint density at radius 2 is 1.76 bits per heavy atom. The molecule has 1 aromatic heterocycles. The SMILES string of the molecule is CN1CCN(CCCOc2ccc(-c3c(C#N)c(N)[nH]c(=O)c3C#N)cc2)CC1. The first-order valence-corrected chi connectivity index (χ1v) is 9.53. The lowest BCUT2D eigenvalue weighted by atomic mass is 9.97. The van der Waals surface area contributed by atoms with Crippen LogP contribution < -0.4 is 16.0 Å². The lowest BCUT2D eigenvalue weighted by Gasteiger charge is -2.32. The van der Waals surface area contributed by atoms with Gasteiger partial charge in [0.05, 0.1) is 6.61 Å². The molecule has 2 aromatic rings. The molecular formula is C21H24N6O2. The lowest BCUT2D eigenvalue weighted by molar-refractivity contribution is 0.145. The molecule has 3 N–H and O–H groups in total. The normalized spacial score (nSPS) is 14.9. The molecule has 1 aromatic carbocycles. The zero-order valence-electron chi connectivity index (χ0n) is 16.4. The van der Waals surface area contributed by atoms with E-state index in [9.17, 15) is 15.3 Å². The Kier molecular flexibility index (Phi) is 6.50. The van der Waals surface area contributed by atoms with Crippen molar-refractivity contribution in [1.82, 2.24) is 14.8 Å². The number of nitrogens with zero attached hydrogens (tertiary/aromatic N) is 4. The first-order valence-electron chi connectivity index (χ1n) is 9.53. The molecule has 0 atom stereocenters. The van der Waals surface area contributed by atoms with E-state index in [2.05, 4.69) is 21.8 Å². The maximum Gasteiger partial charge on any atom is 0.268 e. The zero-order chi connectivity index (χ0) is 20.8. The Hall–Kier alpha value is -3.33. The van der Waals surface area contributed by atoms with E-state index in [1.165, 1.54) is 0 Å². The van der Waals surface area contributed by atoms with E-state index < -0.39 is 5.56 Å². The topological polar surface area (TPSA) is 122 Å². The average Bonchev–Trinajstić information content (AvgIpc) is 2.72. The van der Waals surface area contributed by atoms with Crippen LogP contribution in [-0.4, -0.2) is 61.2 Å². The van der Waals surface area contributed by atoms with Crippen LogP contribution in [0.15, 0.2) is 29.1 Å². The lowest BCUT2D eigenvalue weighted by Crippen LogP contribution is -2.44. The number of nitrogen functional groups attached to an aromatic ring is 1. The number of hydrogen-bond acceptors (Lipinski definition) is 7. The number of H-pyrrole nitrogens is 1. The van der Waals surface area contributed by atoms with Crippen LogP contribution in [0.1, 0.15) is 17.5 Å². The van der Waals surface area contributed by atoms with Crippen LogP contribution in [0.2, 0.25) is 0 Å². The first kappa shape index (κ1) is 20.4. The fraction of sp³-hybridized carbons (Fsp3) is 0.381. The molecule has 3 rings (SSSR count). The van der Waals surface area contributed by atoms with Crippen molar-refractivity contribution in [2.75, 3.05) is 52.1 Å². The maximum absolute atomic E-state index is 12.0. The average molecular weight is 392 g/mol. The standard InChI is InChI=1S/C21H24N6O2/c1-26-8-10-27(11-9-26)7-2-12-29-16-5-3-15(4-6-16)19-17(13-22)20(24)25-21(28)18(19)14-23/h3-6H,2,7-12H2,1H3,(H3,24,25,28). The molecule has 1 aliphatic heterocycles. The van der Waals surface area contributed by atoms with E-state index in [1.807, 2.05) is 12.1 Å². The molecule has 0 spiro atoms. The summed E-state index contributed by atoms with van der Waals surface area (Å²) in [5, 5.41) is 18.7. The van der Waals surface area contributed by atoms with Gasteiger partial charge < -0.3 is 25.3 Å². The summed E-state index contributed by atoms with van der Waals surface area (Å²) in [6.07, 6.45) is 0.938. The summed E-state index contributed by atoms with van der Waals surface area (Å²) in [5.41, 5.74) is 5.92. The van der Waals surface area contributed by atoms with Crippen molar-refractivity contribution >= 4 is 5.82 Å². The van der Waals surface area contributed by atoms with Crippen molar-refractivity contribution in [1.29, 1.82) is 10.5 Å². The molecule has 0 bridgehead atoms. The van der Waals surface area contributed by atoms with Gasteiger partial charge in [0.1, 0.15) is 34.8 Å². The molecule has 2 heterocycles. The quantitative estimate of drug-likeness (QED) is 0.712. The smallest absolute Gasteiger partial charge is 0.268 e. The number of likely N-dealkylation sites (N-methyl/N-ethyl adjacent to an activating group) is 1. The summed E-state index contributed by atoms with van der Waals surface area (Å²) >= 11 is 0. The van der Waals surface area contributed by atoms with Gasteiger partial charge in [-0.25, -0.2) is 0 Å². The van der Waals surface area contributed by atoms with Gasteiger partial charge in [0.15, 0.2) is 0 Å². The number of piperazine rings is 1. The maximum atomic E-state index is 12.0. The summed E-state index contributed by atoms with van der Waals surface area (Å²) < 4.78 is 5.81. The second-order valence-electron chi connectivity index (χ2n) is 7.09. The second-order valence-corrected chi connectivity index (χ2v) is 7.09. The Labute approximate surface area is 169 Å². The van der Waals surface area contributed by atoms with Gasteiger partial charge in [0.25, 0.3) is 5.56 Å². The minimum atomic E-state index is -0.608. The molecule has 8 heteroatoms. The van der Waals surface area contributed by atoms with Crippen molar-refractivity contribution in [3.05, 3.63) is 45.7 Å². The highest BCUT2D eigenvalue weighted by atomic mass is 16.5. The van der Waals surface area contributed by atoms with Gasteiger partial charge >= 0.3 is 0 Å². The predicted octanol–water partition coefficient (Wildman–Crippen LogP) is 1.38. The fourth-order valence-electron chi connectivity index (χ4n) is 3.40. The van der Waals surface area contributed by atoms with Crippen molar-refractivity contribution in [3.8, 4) is 29.0 Å². The van der Waals surface area contributed by atoms with Crippen LogP contribution in [0.3, 0.4) is 0 Å². The summed E-state index contributed by atoms with van der Waals surface area (Å²) in [4.78, 5) is 19.1. The van der Waals surface area contributed by atoms with Crippen LogP contribution in [0.25, 0.3) is 11.1 Å². The second kappa shape index (κ2) is 9.24. The molecule has 1 fully saturated rings. The Morgan fingerprint density at radius 3 is 2.38 bits per heavy atom. The third kappa shape index (κ3) is 4.75. The molecule has 0 radical (unpaired) electrons. The van der Waals surface area contributed by atoms with Crippen LogP contribution in [0, 0.1) is 22.7 Å². The monoisotopic (exact) mass is 392 g/mol. The summed E-state index contributed by atoms with van der Waals surface area (Å²) in [5.74, 6) is 0.651. The van der Waals surface area contributed by atoms with Gasteiger partial charge in [-0.05, 0) is 31.2 Å². The van der Waals surface area contributed by atoms with Gasteiger partial charge in [-0.2, -0.15) is 10.5 Å². The van der Waals surface area contributed by atoms with Crippen molar-refractivity contribution in [2.45, 2.75) is 6.42 Å². The van der Waals surface area contributed by atoms with Gasteiger partial charge in [0, 0.05) is 38.3 Å². The molecule has 1 saturated heterocycles. The molecule has 0 aliphatic carbocycles. The van der Waals surface area contributed by atoms with E-state index in [1.54, 1.807) is 24.3 Å². The molecule has 8 nitrogen and oxygen atoms in total. The number of benzene rings is 1. The highest BCUT2D eigenvalue weighted by Gasteiger charge is 2.18. The zero-order valence-corrected chi connectivity index (χ0v) is 16.4. The van der Waals surface area contributed by atoms with Crippen LogP contribution >= 0.6 is 0 Å². The third-order valence-electron chi connectivity index (χ3n) is 5.09. The molecular weight excluding hydrogens is 368 g/mol. The van der Waals surface area contributed by atoms with Crippen LogP contribution in [0.5, 0.6) is 5.75 Å². The molecule has 29 heavy (non-hydrogen) atoms. The largest absolute Gasteiger partial charge is 0.494 e. The number of ether oxygens (including phenoxy) is 1. The van der Waals surface area contributed by atoms with Crippen LogP contribution in [-0.2, 0) is 0 Å². The van der Waals surface area contributed by atoms with Crippen LogP contribution in [0.4, 0.5) is 5.82 Å². The molecule has 1 aliphatic rings. The fourth-order valence-corrected chi connectivity index (χ4v) is 3.40. The number of nitrogens with two attached hydrogens (primary N) is 1. The van der Waals surface area contributed by atoms with E-state index in [4.69, 9.17) is 10.5 Å². The number of hydrogen-bond donors (Lipinski definition) is 2. The van der Waals surface area contributed by atoms with Gasteiger partial charge in [-0.3, -0.25) is 4.79 Å².